The largest absolute Gasteiger partial charge is 0.310 e. The summed E-state index contributed by atoms with van der Waals surface area (Å²) >= 11 is 0. The van der Waals surface area contributed by atoms with Gasteiger partial charge in [-0.2, -0.15) is 10.5 Å². The van der Waals surface area contributed by atoms with E-state index in [0.717, 1.165) is 28.2 Å². The van der Waals surface area contributed by atoms with Crippen molar-refractivity contribution in [2.24, 2.45) is 0 Å². The SMILES string of the molecule is N#Cc1ccc(C#N)c(-c2ccc(N3c4ccccc4C(c4ccccc4)(c4ccccc4)c4ccccc43)cc2)c1. The molecular weight excluding hydrogens is 510 g/mol. The van der Waals surface area contributed by atoms with E-state index in [4.69, 9.17) is 0 Å². The third-order valence-electron chi connectivity index (χ3n) is 8.22. The zero-order valence-electron chi connectivity index (χ0n) is 22.8. The lowest BCUT2D eigenvalue weighted by molar-refractivity contribution is 0.731. The summed E-state index contributed by atoms with van der Waals surface area (Å²) in [5.41, 5.74) is 10.3. The summed E-state index contributed by atoms with van der Waals surface area (Å²) in [4.78, 5) is 2.33. The van der Waals surface area contributed by atoms with Crippen LogP contribution in [-0.4, -0.2) is 0 Å². The number of hydrogen-bond donors (Lipinski definition) is 0. The lowest BCUT2D eigenvalue weighted by Crippen LogP contribution is -2.37. The average molecular weight is 536 g/mol. The minimum Gasteiger partial charge on any atom is -0.310 e. The number of nitrogens with zero attached hydrogens (tertiary/aromatic N) is 3. The standard InChI is InChI=1S/C39H25N3/c40-26-28-19-20-30(27-41)34(25-28)29-21-23-33(24-22-29)42-37-17-9-7-15-35(37)39(31-11-3-1-4-12-31,32-13-5-2-6-14-32)36-16-8-10-18-38(36)42/h1-25H. The molecule has 0 fully saturated rings. The Morgan fingerprint density at radius 1 is 0.500 bits per heavy atom. The maximum atomic E-state index is 9.72. The summed E-state index contributed by atoms with van der Waals surface area (Å²) in [6.45, 7) is 0. The molecule has 6 aromatic carbocycles. The van der Waals surface area contributed by atoms with Crippen LogP contribution in [-0.2, 0) is 5.41 Å². The molecule has 196 valence electrons. The quantitative estimate of drug-likeness (QED) is 0.226. The Bertz CT molecular complexity index is 1910. The Hall–Kier alpha value is -5.90. The van der Waals surface area contributed by atoms with Crippen molar-refractivity contribution >= 4 is 17.1 Å². The first-order valence-corrected chi connectivity index (χ1v) is 13.9. The second kappa shape index (κ2) is 10.3. The third kappa shape index (κ3) is 3.80. The van der Waals surface area contributed by atoms with E-state index < -0.39 is 5.41 Å². The highest BCUT2D eigenvalue weighted by atomic mass is 15.2. The van der Waals surface area contributed by atoms with Crippen LogP contribution in [0.15, 0.2) is 152 Å². The van der Waals surface area contributed by atoms with Gasteiger partial charge in [0.25, 0.3) is 0 Å². The molecule has 1 aliphatic heterocycles. The number of nitriles is 2. The summed E-state index contributed by atoms with van der Waals surface area (Å²) in [5, 5.41) is 19.2. The molecule has 0 N–H and O–H groups in total. The van der Waals surface area contributed by atoms with Gasteiger partial charge in [-0.3, -0.25) is 0 Å². The van der Waals surface area contributed by atoms with Gasteiger partial charge in [0.05, 0.1) is 40.1 Å². The molecule has 0 aliphatic carbocycles. The van der Waals surface area contributed by atoms with Crippen molar-refractivity contribution in [1.82, 2.24) is 0 Å². The molecule has 0 amide bonds. The highest BCUT2D eigenvalue weighted by Gasteiger charge is 2.46. The number of anilines is 3. The minimum absolute atomic E-state index is 0.508. The molecule has 0 saturated heterocycles. The lowest BCUT2D eigenvalue weighted by atomic mass is 9.62. The Morgan fingerprint density at radius 3 is 1.55 bits per heavy atom. The van der Waals surface area contributed by atoms with Crippen LogP contribution in [0, 0.1) is 22.7 Å². The number of para-hydroxylation sites is 2. The summed E-state index contributed by atoms with van der Waals surface area (Å²) in [7, 11) is 0. The molecule has 7 rings (SSSR count). The molecule has 42 heavy (non-hydrogen) atoms. The van der Waals surface area contributed by atoms with E-state index in [0.29, 0.717) is 11.1 Å². The van der Waals surface area contributed by atoms with Crippen LogP contribution in [0.3, 0.4) is 0 Å². The van der Waals surface area contributed by atoms with Crippen molar-refractivity contribution < 1.29 is 0 Å². The van der Waals surface area contributed by atoms with Crippen LogP contribution in [0.1, 0.15) is 33.4 Å². The Labute approximate surface area is 245 Å². The highest BCUT2D eigenvalue weighted by molar-refractivity contribution is 5.90. The van der Waals surface area contributed by atoms with Crippen LogP contribution in [0.2, 0.25) is 0 Å². The van der Waals surface area contributed by atoms with Gasteiger partial charge in [0.15, 0.2) is 0 Å². The van der Waals surface area contributed by atoms with Crippen molar-refractivity contribution in [3.05, 3.63) is 185 Å². The number of benzene rings is 6. The minimum atomic E-state index is -0.508. The van der Waals surface area contributed by atoms with Crippen LogP contribution in [0.5, 0.6) is 0 Å². The molecule has 6 aromatic rings. The van der Waals surface area contributed by atoms with Crippen molar-refractivity contribution in [2.45, 2.75) is 5.41 Å². The number of fused-ring (bicyclic) bond motifs is 2. The van der Waals surface area contributed by atoms with Crippen LogP contribution in [0.4, 0.5) is 17.1 Å². The first kappa shape index (κ1) is 25.1. The molecular formula is C39H25N3. The van der Waals surface area contributed by atoms with E-state index in [1.807, 2.05) is 12.1 Å². The summed E-state index contributed by atoms with van der Waals surface area (Å²) in [5.74, 6) is 0. The fraction of sp³-hybridized carbons (Fsp3) is 0.0256. The molecule has 0 radical (unpaired) electrons. The predicted molar refractivity (Wildman–Crippen MR) is 168 cm³/mol. The fourth-order valence-electron chi connectivity index (χ4n) is 6.43. The Balaban J connectivity index is 1.46. The Morgan fingerprint density at radius 2 is 1.02 bits per heavy atom. The van der Waals surface area contributed by atoms with E-state index in [9.17, 15) is 10.5 Å². The van der Waals surface area contributed by atoms with Gasteiger partial charge in [0, 0.05) is 11.3 Å². The molecule has 1 aliphatic rings. The van der Waals surface area contributed by atoms with Crippen molar-refractivity contribution in [3.63, 3.8) is 0 Å². The summed E-state index contributed by atoms with van der Waals surface area (Å²) < 4.78 is 0. The summed E-state index contributed by atoms with van der Waals surface area (Å²) in [6, 6.07) is 56.8. The van der Waals surface area contributed by atoms with Gasteiger partial charge in [-0.25, -0.2) is 0 Å². The number of rotatable bonds is 4. The van der Waals surface area contributed by atoms with Gasteiger partial charge in [-0.05, 0) is 70.3 Å². The first-order chi connectivity index (χ1) is 20.8. The molecule has 0 spiro atoms. The second-order valence-electron chi connectivity index (χ2n) is 10.4. The Kier molecular flexibility index (Phi) is 6.12. The second-order valence-corrected chi connectivity index (χ2v) is 10.4. The first-order valence-electron chi connectivity index (χ1n) is 13.9. The zero-order chi connectivity index (χ0) is 28.5. The van der Waals surface area contributed by atoms with Gasteiger partial charge in [0.2, 0.25) is 0 Å². The predicted octanol–water partition coefficient (Wildman–Crippen LogP) is 9.26. The van der Waals surface area contributed by atoms with Gasteiger partial charge in [-0.15, -0.1) is 0 Å². The monoisotopic (exact) mass is 535 g/mol. The van der Waals surface area contributed by atoms with E-state index in [-0.39, 0.29) is 0 Å². The van der Waals surface area contributed by atoms with E-state index >= 15 is 0 Å². The van der Waals surface area contributed by atoms with Crippen molar-refractivity contribution in [2.75, 3.05) is 4.90 Å². The summed E-state index contributed by atoms with van der Waals surface area (Å²) in [6.07, 6.45) is 0. The molecule has 0 atom stereocenters. The molecule has 0 bridgehead atoms. The van der Waals surface area contributed by atoms with E-state index in [1.165, 1.54) is 22.3 Å². The molecule has 0 saturated carbocycles. The van der Waals surface area contributed by atoms with Crippen LogP contribution < -0.4 is 4.90 Å². The van der Waals surface area contributed by atoms with Gasteiger partial charge < -0.3 is 4.90 Å². The zero-order valence-corrected chi connectivity index (χ0v) is 22.8. The van der Waals surface area contributed by atoms with Crippen molar-refractivity contribution in [3.8, 4) is 23.3 Å². The molecule has 1 heterocycles. The average Bonchev–Trinajstić information content (AvgIpc) is 3.08. The van der Waals surface area contributed by atoms with Crippen LogP contribution in [0.25, 0.3) is 11.1 Å². The third-order valence-corrected chi connectivity index (χ3v) is 8.22. The smallest absolute Gasteiger partial charge is 0.0998 e. The number of hydrogen-bond acceptors (Lipinski definition) is 3. The maximum absolute atomic E-state index is 9.72. The molecule has 0 unspecified atom stereocenters. The topological polar surface area (TPSA) is 50.8 Å². The fourth-order valence-corrected chi connectivity index (χ4v) is 6.43. The van der Waals surface area contributed by atoms with Gasteiger partial charge >= 0.3 is 0 Å². The van der Waals surface area contributed by atoms with E-state index in [2.05, 4.69) is 138 Å². The molecule has 3 heteroatoms. The van der Waals surface area contributed by atoms with Crippen molar-refractivity contribution in [1.29, 1.82) is 10.5 Å². The lowest BCUT2D eigenvalue weighted by Gasteiger charge is -2.46. The van der Waals surface area contributed by atoms with E-state index in [1.54, 1.807) is 18.2 Å². The van der Waals surface area contributed by atoms with Crippen LogP contribution >= 0.6 is 0 Å². The maximum Gasteiger partial charge on any atom is 0.0998 e. The van der Waals surface area contributed by atoms with Gasteiger partial charge in [0.1, 0.15) is 0 Å². The molecule has 3 nitrogen and oxygen atoms in total. The van der Waals surface area contributed by atoms with Gasteiger partial charge in [-0.1, -0.05) is 109 Å². The normalized spacial score (nSPS) is 12.9. The molecule has 0 aromatic heterocycles. The highest BCUT2D eigenvalue weighted by Crippen LogP contribution is 2.57.